The van der Waals surface area contributed by atoms with Gasteiger partial charge in [0.15, 0.2) is 5.78 Å². The van der Waals surface area contributed by atoms with Crippen molar-refractivity contribution in [3.8, 4) is 0 Å². The van der Waals surface area contributed by atoms with Gasteiger partial charge in [-0.25, -0.2) is 4.79 Å². The molecule has 3 rings (SSSR count). The summed E-state index contributed by atoms with van der Waals surface area (Å²) >= 11 is 0. The average molecular weight is 258 g/mol. The molecule has 1 aliphatic carbocycles. The molecule has 0 aromatic heterocycles. The summed E-state index contributed by atoms with van der Waals surface area (Å²) in [6.45, 7) is 0.561. The summed E-state index contributed by atoms with van der Waals surface area (Å²) in [5.74, 6) is 0.818. The molecule has 1 aromatic carbocycles. The number of ketones is 1. The van der Waals surface area contributed by atoms with E-state index in [4.69, 9.17) is 0 Å². The van der Waals surface area contributed by atoms with Crippen molar-refractivity contribution in [2.24, 2.45) is 5.92 Å². The third-order valence-corrected chi connectivity index (χ3v) is 4.12. The number of urea groups is 1. The van der Waals surface area contributed by atoms with Crippen molar-refractivity contribution in [3.63, 3.8) is 0 Å². The van der Waals surface area contributed by atoms with Crippen molar-refractivity contribution >= 4 is 17.5 Å². The van der Waals surface area contributed by atoms with Crippen molar-refractivity contribution in [2.45, 2.75) is 32.2 Å². The molecule has 0 bridgehead atoms. The summed E-state index contributed by atoms with van der Waals surface area (Å²) in [4.78, 5) is 25.3. The van der Waals surface area contributed by atoms with Crippen LogP contribution >= 0.6 is 0 Å². The number of carbonyl (C=O) groups is 2. The molecule has 2 aliphatic rings. The Morgan fingerprint density at radius 2 is 2.21 bits per heavy atom. The van der Waals surface area contributed by atoms with E-state index in [9.17, 15) is 9.59 Å². The number of rotatable bonds is 3. The maximum atomic E-state index is 12.2. The number of carbonyl (C=O) groups excluding carboxylic acids is 2. The predicted octanol–water partition coefficient (Wildman–Crippen LogP) is 3.04. The summed E-state index contributed by atoms with van der Waals surface area (Å²) in [6.07, 6.45) is 4.31. The molecule has 4 nitrogen and oxygen atoms in total. The first-order valence-corrected chi connectivity index (χ1v) is 6.82. The largest absolute Gasteiger partial charge is 0.323 e. The van der Waals surface area contributed by atoms with Gasteiger partial charge in [-0.2, -0.15) is 0 Å². The van der Waals surface area contributed by atoms with Gasteiger partial charge in [-0.05, 0) is 29.7 Å². The molecule has 0 saturated heterocycles. The van der Waals surface area contributed by atoms with Gasteiger partial charge in [-0.15, -0.1) is 0 Å². The second kappa shape index (κ2) is 4.68. The SMILES string of the molecule is CN1Cc2cc(C(=O)CC3CCC3)ccc2NC1=O. The second-order valence-corrected chi connectivity index (χ2v) is 5.58. The highest BCUT2D eigenvalue weighted by Gasteiger charge is 2.23. The average Bonchev–Trinajstić information content (AvgIpc) is 2.34. The molecule has 100 valence electrons. The van der Waals surface area contributed by atoms with Crippen LogP contribution in [-0.4, -0.2) is 23.8 Å². The summed E-state index contributed by atoms with van der Waals surface area (Å²) in [7, 11) is 1.75. The van der Waals surface area contributed by atoms with E-state index in [2.05, 4.69) is 5.32 Å². The molecule has 0 atom stereocenters. The minimum absolute atomic E-state index is 0.0963. The molecule has 1 saturated carbocycles. The van der Waals surface area contributed by atoms with Crippen molar-refractivity contribution < 1.29 is 9.59 Å². The molecule has 0 spiro atoms. The number of hydrogen-bond acceptors (Lipinski definition) is 2. The monoisotopic (exact) mass is 258 g/mol. The van der Waals surface area contributed by atoms with Crippen LogP contribution in [0, 0.1) is 5.92 Å². The van der Waals surface area contributed by atoms with Gasteiger partial charge in [-0.1, -0.05) is 19.3 Å². The Bertz CT molecular complexity index is 535. The number of fused-ring (bicyclic) bond motifs is 1. The number of amides is 2. The van der Waals surface area contributed by atoms with E-state index in [1.807, 2.05) is 18.2 Å². The third kappa shape index (κ3) is 2.35. The van der Waals surface area contributed by atoms with E-state index in [1.54, 1.807) is 11.9 Å². The quantitative estimate of drug-likeness (QED) is 0.847. The maximum absolute atomic E-state index is 12.2. The fraction of sp³-hybridized carbons (Fsp3) is 0.467. The Hall–Kier alpha value is -1.84. The minimum Gasteiger partial charge on any atom is -0.323 e. The van der Waals surface area contributed by atoms with Gasteiger partial charge in [0, 0.05) is 31.3 Å². The van der Waals surface area contributed by atoms with E-state index in [1.165, 1.54) is 19.3 Å². The Morgan fingerprint density at radius 3 is 2.89 bits per heavy atom. The van der Waals surface area contributed by atoms with Gasteiger partial charge < -0.3 is 10.2 Å². The molecule has 1 aromatic rings. The lowest BCUT2D eigenvalue weighted by Crippen LogP contribution is -2.35. The van der Waals surface area contributed by atoms with Gasteiger partial charge in [-0.3, -0.25) is 4.79 Å². The van der Waals surface area contributed by atoms with E-state index >= 15 is 0 Å². The first kappa shape index (κ1) is 12.2. The molecular weight excluding hydrogens is 240 g/mol. The second-order valence-electron chi connectivity index (χ2n) is 5.58. The number of benzene rings is 1. The van der Waals surface area contributed by atoms with Crippen molar-refractivity contribution in [1.29, 1.82) is 0 Å². The Morgan fingerprint density at radius 1 is 1.42 bits per heavy atom. The van der Waals surface area contributed by atoms with Gasteiger partial charge in [0.05, 0.1) is 0 Å². The lowest BCUT2D eigenvalue weighted by atomic mass is 9.81. The van der Waals surface area contributed by atoms with Crippen LogP contribution in [-0.2, 0) is 6.54 Å². The zero-order valence-corrected chi connectivity index (χ0v) is 11.1. The molecule has 1 N–H and O–H groups in total. The van der Waals surface area contributed by atoms with Gasteiger partial charge in [0.2, 0.25) is 0 Å². The van der Waals surface area contributed by atoms with Crippen LogP contribution in [0.3, 0.4) is 0 Å². The molecule has 0 radical (unpaired) electrons. The van der Waals surface area contributed by atoms with Crippen molar-refractivity contribution in [1.82, 2.24) is 4.90 Å². The highest BCUT2D eigenvalue weighted by Crippen LogP contribution is 2.31. The van der Waals surface area contributed by atoms with Crippen LogP contribution < -0.4 is 5.32 Å². The summed E-state index contributed by atoms with van der Waals surface area (Å²) in [5, 5.41) is 2.81. The number of nitrogens with zero attached hydrogens (tertiary/aromatic N) is 1. The fourth-order valence-corrected chi connectivity index (χ4v) is 2.63. The summed E-state index contributed by atoms with van der Waals surface area (Å²) < 4.78 is 0. The highest BCUT2D eigenvalue weighted by atomic mass is 16.2. The standard InChI is InChI=1S/C15H18N2O2/c1-17-9-12-8-11(5-6-13(12)16-15(17)19)14(18)7-10-3-2-4-10/h5-6,8,10H,2-4,7,9H2,1H3,(H,16,19). The van der Waals surface area contributed by atoms with E-state index in [0.717, 1.165) is 16.8 Å². The lowest BCUT2D eigenvalue weighted by Gasteiger charge is -2.27. The molecule has 1 fully saturated rings. The molecule has 19 heavy (non-hydrogen) atoms. The van der Waals surface area contributed by atoms with E-state index in [-0.39, 0.29) is 11.8 Å². The maximum Gasteiger partial charge on any atom is 0.321 e. The van der Waals surface area contributed by atoms with Crippen LogP contribution in [0.4, 0.5) is 10.5 Å². The zero-order chi connectivity index (χ0) is 13.4. The molecule has 2 amide bonds. The molecule has 4 heteroatoms. The topological polar surface area (TPSA) is 49.4 Å². The highest BCUT2D eigenvalue weighted by molar-refractivity contribution is 5.98. The van der Waals surface area contributed by atoms with E-state index in [0.29, 0.717) is 18.9 Å². The smallest absolute Gasteiger partial charge is 0.321 e. The predicted molar refractivity (Wildman–Crippen MR) is 73.2 cm³/mol. The van der Waals surface area contributed by atoms with E-state index < -0.39 is 0 Å². The van der Waals surface area contributed by atoms with Gasteiger partial charge >= 0.3 is 6.03 Å². The van der Waals surface area contributed by atoms with Crippen LogP contribution in [0.25, 0.3) is 0 Å². The number of nitrogens with one attached hydrogen (secondary N) is 1. The summed E-state index contributed by atoms with van der Waals surface area (Å²) in [6, 6.07) is 5.49. The minimum atomic E-state index is -0.0963. The van der Waals surface area contributed by atoms with Crippen molar-refractivity contribution in [3.05, 3.63) is 29.3 Å². The fourth-order valence-electron chi connectivity index (χ4n) is 2.63. The summed E-state index contributed by atoms with van der Waals surface area (Å²) in [5.41, 5.74) is 2.61. The third-order valence-electron chi connectivity index (χ3n) is 4.12. The number of anilines is 1. The normalized spacial score (nSPS) is 18.6. The first-order valence-electron chi connectivity index (χ1n) is 6.82. The van der Waals surface area contributed by atoms with Crippen molar-refractivity contribution in [2.75, 3.05) is 12.4 Å². The Kier molecular flexibility index (Phi) is 3.01. The van der Waals surface area contributed by atoms with Crippen LogP contribution in [0.15, 0.2) is 18.2 Å². The first-order chi connectivity index (χ1) is 9.13. The van der Waals surface area contributed by atoms with Crippen LogP contribution in [0.5, 0.6) is 0 Å². The lowest BCUT2D eigenvalue weighted by molar-refractivity contribution is 0.0936. The molecule has 1 heterocycles. The number of Topliss-reactive ketones (excluding diaryl/α,β-unsaturated/α-hetero) is 1. The van der Waals surface area contributed by atoms with Crippen LogP contribution in [0.1, 0.15) is 41.6 Å². The molecule has 1 aliphatic heterocycles. The number of hydrogen-bond donors (Lipinski definition) is 1. The van der Waals surface area contributed by atoms with Crippen LogP contribution in [0.2, 0.25) is 0 Å². The van der Waals surface area contributed by atoms with Gasteiger partial charge in [0.25, 0.3) is 0 Å². The van der Waals surface area contributed by atoms with Gasteiger partial charge in [0.1, 0.15) is 0 Å². The Labute approximate surface area is 112 Å². The molecule has 0 unspecified atom stereocenters. The Balaban J connectivity index is 1.78. The zero-order valence-electron chi connectivity index (χ0n) is 11.1. The molecular formula is C15H18N2O2.